The van der Waals surface area contributed by atoms with Gasteiger partial charge in [-0.3, -0.25) is 9.59 Å². The summed E-state index contributed by atoms with van der Waals surface area (Å²) in [6.45, 7) is 3.10. The maximum Gasteiger partial charge on any atom is 0.307 e. The van der Waals surface area contributed by atoms with Gasteiger partial charge in [0.2, 0.25) is 5.91 Å². The summed E-state index contributed by atoms with van der Waals surface area (Å²) in [4.78, 5) is 21.3. The third kappa shape index (κ3) is 5.01. The van der Waals surface area contributed by atoms with Crippen molar-refractivity contribution in [1.82, 2.24) is 0 Å². The minimum atomic E-state index is -0.907. The van der Waals surface area contributed by atoms with Crippen LogP contribution in [0.15, 0.2) is 24.3 Å². The number of ether oxygens (including phenoxy) is 1. The molecule has 92 valence electrons. The molecule has 5 heteroatoms. The molecular formula is C12H15NO4. The summed E-state index contributed by atoms with van der Waals surface area (Å²) in [6.07, 6.45) is -0.482. The van der Waals surface area contributed by atoms with E-state index in [1.165, 1.54) is 6.92 Å². The molecule has 0 saturated carbocycles. The van der Waals surface area contributed by atoms with Gasteiger partial charge >= 0.3 is 5.97 Å². The fraction of sp³-hybridized carbons (Fsp3) is 0.333. The molecule has 0 spiro atoms. The molecular weight excluding hydrogens is 222 g/mol. The Bertz CT molecular complexity index is 417. The standard InChI is InChI=1S/C12H15NO4/c1-8(6-12(15)16)17-11-5-3-4-10(7-11)13-9(2)14/h3-5,7-8H,6H2,1-2H3,(H,13,14)(H,15,16)/t8-/m1/s1. The van der Waals surface area contributed by atoms with E-state index in [4.69, 9.17) is 9.84 Å². The van der Waals surface area contributed by atoms with Crippen LogP contribution in [0.5, 0.6) is 5.75 Å². The minimum Gasteiger partial charge on any atom is -0.490 e. The van der Waals surface area contributed by atoms with Crippen LogP contribution < -0.4 is 10.1 Å². The number of hydrogen-bond acceptors (Lipinski definition) is 3. The number of carboxylic acid groups (broad SMARTS) is 1. The molecule has 2 N–H and O–H groups in total. The number of hydrogen-bond donors (Lipinski definition) is 2. The highest BCUT2D eigenvalue weighted by Crippen LogP contribution is 2.19. The van der Waals surface area contributed by atoms with Crippen molar-refractivity contribution >= 4 is 17.6 Å². The highest BCUT2D eigenvalue weighted by Gasteiger charge is 2.09. The van der Waals surface area contributed by atoms with Crippen molar-refractivity contribution in [2.45, 2.75) is 26.4 Å². The number of benzene rings is 1. The second-order valence-corrected chi connectivity index (χ2v) is 3.74. The summed E-state index contributed by atoms with van der Waals surface area (Å²) in [7, 11) is 0. The van der Waals surface area contributed by atoms with Crippen LogP contribution in [-0.2, 0) is 9.59 Å². The van der Waals surface area contributed by atoms with Crippen LogP contribution in [0.2, 0.25) is 0 Å². The summed E-state index contributed by atoms with van der Waals surface area (Å²) in [5.74, 6) is -0.541. The molecule has 0 unspecified atom stereocenters. The summed E-state index contributed by atoms with van der Waals surface area (Å²) in [5.41, 5.74) is 0.623. The van der Waals surface area contributed by atoms with Gasteiger partial charge in [-0.2, -0.15) is 0 Å². The van der Waals surface area contributed by atoms with Gasteiger partial charge in [-0.05, 0) is 19.1 Å². The molecule has 0 aliphatic carbocycles. The molecule has 0 heterocycles. The van der Waals surface area contributed by atoms with E-state index in [1.54, 1.807) is 31.2 Å². The lowest BCUT2D eigenvalue weighted by Gasteiger charge is -2.13. The van der Waals surface area contributed by atoms with Crippen molar-refractivity contribution in [3.05, 3.63) is 24.3 Å². The molecule has 5 nitrogen and oxygen atoms in total. The summed E-state index contributed by atoms with van der Waals surface area (Å²) >= 11 is 0. The Morgan fingerprint density at radius 1 is 1.47 bits per heavy atom. The van der Waals surface area contributed by atoms with Crippen LogP contribution >= 0.6 is 0 Å². The maximum atomic E-state index is 10.9. The van der Waals surface area contributed by atoms with Gasteiger partial charge in [-0.25, -0.2) is 0 Å². The van der Waals surface area contributed by atoms with Gasteiger partial charge in [0.15, 0.2) is 0 Å². The molecule has 1 atom stereocenters. The SMILES string of the molecule is CC(=O)Nc1cccc(O[C@H](C)CC(=O)O)c1. The van der Waals surface area contributed by atoms with Gasteiger partial charge < -0.3 is 15.2 Å². The van der Waals surface area contributed by atoms with Crippen LogP contribution in [0, 0.1) is 0 Å². The maximum absolute atomic E-state index is 10.9. The highest BCUT2D eigenvalue weighted by molar-refractivity contribution is 5.88. The van der Waals surface area contributed by atoms with Crippen molar-refractivity contribution in [1.29, 1.82) is 0 Å². The van der Waals surface area contributed by atoms with E-state index in [2.05, 4.69) is 5.32 Å². The first-order valence-corrected chi connectivity index (χ1v) is 5.23. The van der Waals surface area contributed by atoms with Gasteiger partial charge in [0, 0.05) is 18.7 Å². The van der Waals surface area contributed by atoms with Gasteiger partial charge in [0.25, 0.3) is 0 Å². The van der Waals surface area contributed by atoms with Crippen LogP contribution in [0.4, 0.5) is 5.69 Å². The number of aliphatic carboxylic acids is 1. The molecule has 0 aromatic heterocycles. The molecule has 17 heavy (non-hydrogen) atoms. The zero-order valence-corrected chi connectivity index (χ0v) is 9.77. The predicted molar refractivity (Wildman–Crippen MR) is 63.1 cm³/mol. The molecule has 1 rings (SSSR count). The first-order valence-electron chi connectivity index (χ1n) is 5.23. The van der Waals surface area contributed by atoms with Crippen molar-refractivity contribution < 1.29 is 19.4 Å². The Kier molecular flexibility index (Phi) is 4.51. The van der Waals surface area contributed by atoms with Crippen molar-refractivity contribution in [2.24, 2.45) is 0 Å². The number of amides is 1. The third-order valence-corrected chi connectivity index (χ3v) is 1.95. The van der Waals surface area contributed by atoms with E-state index in [-0.39, 0.29) is 12.3 Å². The monoisotopic (exact) mass is 237 g/mol. The molecule has 1 aromatic rings. The van der Waals surface area contributed by atoms with E-state index in [1.807, 2.05) is 0 Å². The highest BCUT2D eigenvalue weighted by atomic mass is 16.5. The molecule has 0 aliphatic heterocycles. The number of anilines is 1. The van der Waals surface area contributed by atoms with Crippen LogP contribution in [-0.4, -0.2) is 23.1 Å². The van der Waals surface area contributed by atoms with E-state index >= 15 is 0 Å². The zero-order chi connectivity index (χ0) is 12.8. The molecule has 0 radical (unpaired) electrons. The number of rotatable bonds is 5. The zero-order valence-electron chi connectivity index (χ0n) is 9.77. The Morgan fingerprint density at radius 3 is 2.76 bits per heavy atom. The lowest BCUT2D eigenvalue weighted by atomic mass is 10.2. The van der Waals surface area contributed by atoms with Crippen molar-refractivity contribution in [3.8, 4) is 5.75 Å². The van der Waals surface area contributed by atoms with Crippen molar-refractivity contribution in [2.75, 3.05) is 5.32 Å². The van der Waals surface area contributed by atoms with E-state index in [0.717, 1.165) is 0 Å². The normalized spacial score (nSPS) is 11.6. The molecule has 0 saturated heterocycles. The van der Waals surface area contributed by atoms with E-state index < -0.39 is 12.1 Å². The number of nitrogens with one attached hydrogen (secondary N) is 1. The fourth-order valence-corrected chi connectivity index (χ4v) is 1.37. The summed E-state index contributed by atoms with van der Waals surface area (Å²) in [6, 6.07) is 6.83. The Balaban J connectivity index is 2.65. The van der Waals surface area contributed by atoms with E-state index in [9.17, 15) is 9.59 Å². The molecule has 1 aromatic carbocycles. The number of carbonyl (C=O) groups is 2. The third-order valence-electron chi connectivity index (χ3n) is 1.95. The number of carbonyl (C=O) groups excluding carboxylic acids is 1. The topological polar surface area (TPSA) is 75.6 Å². The fourth-order valence-electron chi connectivity index (χ4n) is 1.37. The molecule has 0 bridgehead atoms. The Hall–Kier alpha value is -2.04. The van der Waals surface area contributed by atoms with E-state index in [0.29, 0.717) is 11.4 Å². The van der Waals surface area contributed by atoms with Gasteiger partial charge in [-0.15, -0.1) is 0 Å². The second-order valence-electron chi connectivity index (χ2n) is 3.74. The first kappa shape index (κ1) is 13.0. The quantitative estimate of drug-likeness (QED) is 0.819. The molecule has 0 fully saturated rings. The number of carboxylic acids is 1. The van der Waals surface area contributed by atoms with Crippen molar-refractivity contribution in [3.63, 3.8) is 0 Å². The van der Waals surface area contributed by atoms with Gasteiger partial charge in [-0.1, -0.05) is 6.07 Å². The summed E-state index contributed by atoms with van der Waals surface area (Å²) in [5, 5.41) is 11.2. The molecule has 0 aliphatic rings. The largest absolute Gasteiger partial charge is 0.490 e. The average Bonchev–Trinajstić information content (AvgIpc) is 2.14. The summed E-state index contributed by atoms with van der Waals surface area (Å²) < 4.78 is 5.42. The second kappa shape index (κ2) is 5.89. The minimum absolute atomic E-state index is 0.0651. The Morgan fingerprint density at radius 2 is 2.18 bits per heavy atom. The predicted octanol–water partition coefficient (Wildman–Crippen LogP) is 1.89. The average molecular weight is 237 g/mol. The van der Waals surface area contributed by atoms with Gasteiger partial charge in [0.05, 0.1) is 6.42 Å². The van der Waals surface area contributed by atoms with Gasteiger partial charge in [0.1, 0.15) is 11.9 Å². The van der Waals surface area contributed by atoms with Crippen LogP contribution in [0.3, 0.4) is 0 Å². The smallest absolute Gasteiger partial charge is 0.307 e. The Labute approximate surface area is 99.4 Å². The van der Waals surface area contributed by atoms with Crippen LogP contribution in [0.25, 0.3) is 0 Å². The lowest BCUT2D eigenvalue weighted by molar-refractivity contribution is -0.138. The van der Waals surface area contributed by atoms with Crippen LogP contribution in [0.1, 0.15) is 20.3 Å². The first-order chi connectivity index (χ1) is 7.97. The lowest BCUT2D eigenvalue weighted by Crippen LogP contribution is -2.16. The molecule has 1 amide bonds.